The Morgan fingerprint density at radius 3 is 0.723 bits per heavy atom. The minimum atomic E-state index is -4.95. The summed E-state index contributed by atoms with van der Waals surface area (Å²) in [4.78, 5) is 72.5. The summed E-state index contributed by atoms with van der Waals surface area (Å²) in [5, 5.41) is 10.6. The predicted octanol–water partition coefficient (Wildman–Crippen LogP) is 22.1. The number of hydrogen-bond donors (Lipinski definition) is 3. The van der Waals surface area contributed by atoms with E-state index in [-0.39, 0.29) is 25.7 Å². The number of phosphoric acid groups is 2. The molecule has 0 aliphatic heterocycles. The first-order valence-electron chi connectivity index (χ1n) is 39.1. The van der Waals surface area contributed by atoms with Gasteiger partial charge in [-0.1, -0.05) is 343 Å². The molecule has 0 heterocycles. The van der Waals surface area contributed by atoms with E-state index < -0.39 is 97.5 Å². The van der Waals surface area contributed by atoms with E-state index in [4.69, 9.17) is 37.0 Å². The summed E-state index contributed by atoms with van der Waals surface area (Å²) in [6.45, 7) is 7.20. The number of aliphatic hydroxyl groups is 1. The number of carbonyl (C=O) groups is 4. The minimum Gasteiger partial charge on any atom is -0.462 e. The maximum Gasteiger partial charge on any atom is 0.472 e. The normalized spacial score (nSPS) is 14.0. The molecule has 0 amide bonds. The van der Waals surface area contributed by atoms with E-state index in [1.165, 1.54) is 212 Å². The Morgan fingerprint density at radius 2 is 0.489 bits per heavy atom. The average molecular weight is 1380 g/mol. The molecule has 0 aliphatic carbocycles. The number of ether oxygens (including phenoxy) is 4. The van der Waals surface area contributed by atoms with Gasteiger partial charge in [-0.15, -0.1) is 0 Å². The Labute approximate surface area is 575 Å². The van der Waals surface area contributed by atoms with Gasteiger partial charge in [-0.2, -0.15) is 0 Å². The van der Waals surface area contributed by atoms with Crippen LogP contribution in [0.4, 0.5) is 0 Å². The fourth-order valence-electron chi connectivity index (χ4n) is 11.5. The maximum absolute atomic E-state index is 13.1. The SMILES string of the molecule is CCCCCCCCCCCCCCCCCCCCCCCC(=O)O[C@H](COC(=O)CCCCCCCCCCCCCC(C)C)COP(=O)(O)OC[C@@H](O)COP(=O)(O)OC[C@@H](COC(=O)CCCCCCC)OC(=O)CCCCCCCCCCCCCCCC. The first kappa shape index (κ1) is 92.1. The third-order valence-electron chi connectivity index (χ3n) is 17.5. The van der Waals surface area contributed by atoms with Crippen molar-refractivity contribution in [2.24, 2.45) is 5.92 Å². The van der Waals surface area contributed by atoms with Gasteiger partial charge in [-0.25, -0.2) is 9.13 Å². The topological polar surface area (TPSA) is 237 Å². The summed E-state index contributed by atoms with van der Waals surface area (Å²) in [6.07, 6.45) is 57.4. The van der Waals surface area contributed by atoms with Gasteiger partial charge in [0.25, 0.3) is 0 Å². The van der Waals surface area contributed by atoms with E-state index in [0.717, 1.165) is 102 Å². The lowest BCUT2D eigenvalue weighted by atomic mass is 10.0. The lowest BCUT2D eigenvalue weighted by Crippen LogP contribution is -2.30. The van der Waals surface area contributed by atoms with E-state index >= 15 is 0 Å². The van der Waals surface area contributed by atoms with Gasteiger partial charge in [0.05, 0.1) is 26.4 Å². The van der Waals surface area contributed by atoms with Crippen molar-refractivity contribution in [2.45, 2.75) is 412 Å². The Bertz CT molecular complexity index is 1810. The molecule has 19 heteroatoms. The number of carbonyl (C=O) groups excluding carboxylic acids is 4. The highest BCUT2D eigenvalue weighted by Gasteiger charge is 2.30. The first-order chi connectivity index (χ1) is 45.5. The molecule has 0 radical (unpaired) electrons. The van der Waals surface area contributed by atoms with Crippen LogP contribution in [0, 0.1) is 5.92 Å². The smallest absolute Gasteiger partial charge is 0.462 e. The highest BCUT2D eigenvalue weighted by atomic mass is 31.2. The largest absolute Gasteiger partial charge is 0.472 e. The summed E-state index contributed by atoms with van der Waals surface area (Å²) < 4.78 is 68.3. The van der Waals surface area contributed by atoms with Crippen LogP contribution in [0.5, 0.6) is 0 Å². The molecule has 0 rings (SSSR count). The van der Waals surface area contributed by atoms with Gasteiger partial charge in [-0.3, -0.25) is 37.3 Å². The molecule has 0 fully saturated rings. The second-order valence-corrected chi connectivity index (χ2v) is 30.4. The third-order valence-corrected chi connectivity index (χ3v) is 19.4. The molecule has 0 aromatic heterocycles. The van der Waals surface area contributed by atoms with Crippen molar-refractivity contribution in [3.63, 3.8) is 0 Å². The van der Waals surface area contributed by atoms with Crippen LogP contribution >= 0.6 is 15.6 Å². The lowest BCUT2D eigenvalue weighted by Gasteiger charge is -2.21. The van der Waals surface area contributed by atoms with Crippen molar-refractivity contribution < 1.29 is 80.2 Å². The molecule has 0 spiro atoms. The molecule has 0 aromatic carbocycles. The summed E-state index contributed by atoms with van der Waals surface area (Å²) in [7, 11) is -9.90. The standard InChI is InChI=1S/C75H146O17P2/c1-6-9-12-15-17-19-21-23-25-26-27-28-29-30-31-33-37-42-46-51-56-61-75(80)92-71(65-86-73(78)59-54-49-44-40-38-34-35-39-43-48-52-57-68(4)5)67-90-94(83,84)88-63-69(76)62-87-93(81,82)89-66-70(64-85-72(77)58-53-47-14-11-8-3)91-74(79)60-55-50-45-41-36-32-24-22-20-18-16-13-10-7-2/h68-71,76H,6-67H2,1-5H3,(H,81,82)(H,83,84)/t69-,70+,71+/m0/s1. The van der Waals surface area contributed by atoms with Crippen molar-refractivity contribution in [3.05, 3.63) is 0 Å². The third kappa shape index (κ3) is 68.6. The van der Waals surface area contributed by atoms with E-state index in [1.54, 1.807) is 0 Å². The number of phosphoric ester groups is 2. The molecule has 5 atom stereocenters. The molecule has 3 N–H and O–H groups in total. The Kier molecular flexibility index (Phi) is 66.8. The molecule has 0 saturated carbocycles. The minimum absolute atomic E-state index is 0.107. The van der Waals surface area contributed by atoms with E-state index in [9.17, 15) is 43.2 Å². The molecular formula is C75H146O17P2. The summed E-state index contributed by atoms with van der Waals surface area (Å²) >= 11 is 0. The average Bonchev–Trinajstić information content (AvgIpc) is 1.28. The molecule has 94 heavy (non-hydrogen) atoms. The number of hydrogen-bond acceptors (Lipinski definition) is 15. The van der Waals surface area contributed by atoms with Gasteiger partial charge >= 0.3 is 39.5 Å². The Balaban J connectivity index is 5.11. The van der Waals surface area contributed by atoms with Crippen molar-refractivity contribution in [2.75, 3.05) is 39.6 Å². The van der Waals surface area contributed by atoms with Crippen molar-refractivity contribution in [1.82, 2.24) is 0 Å². The quantitative estimate of drug-likeness (QED) is 0.0222. The zero-order chi connectivity index (χ0) is 69.1. The van der Waals surface area contributed by atoms with Crippen molar-refractivity contribution >= 4 is 39.5 Å². The molecule has 0 aromatic rings. The fourth-order valence-corrected chi connectivity index (χ4v) is 13.1. The van der Waals surface area contributed by atoms with Crippen LogP contribution in [0.3, 0.4) is 0 Å². The van der Waals surface area contributed by atoms with Crippen LogP contribution in [-0.4, -0.2) is 96.7 Å². The van der Waals surface area contributed by atoms with Gasteiger partial charge in [-0.05, 0) is 31.6 Å². The second-order valence-electron chi connectivity index (χ2n) is 27.5. The van der Waals surface area contributed by atoms with Gasteiger partial charge in [0.2, 0.25) is 0 Å². The molecule has 558 valence electrons. The van der Waals surface area contributed by atoms with E-state index in [2.05, 4.69) is 34.6 Å². The van der Waals surface area contributed by atoms with Gasteiger partial charge < -0.3 is 33.8 Å². The van der Waals surface area contributed by atoms with Crippen molar-refractivity contribution in [1.29, 1.82) is 0 Å². The van der Waals surface area contributed by atoms with Crippen LogP contribution < -0.4 is 0 Å². The van der Waals surface area contributed by atoms with E-state index in [1.807, 2.05) is 0 Å². The van der Waals surface area contributed by atoms with Crippen LogP contribution in [0.15, 0.2) is 0 Å². The molecule has 17 nitrogen and oxygen atoms in total. The summed E-state index contributed by atoms with van der Waals surface area (Å²) in [5.41, 5.74) is 0. The summed E-state index contributed by atoms with van der Waals surface area (Å²) in [5.74, 6) is -1.36. The lowest BCUT2D eigenvalue weighted by molar-refractivity contribution is -0.161. The molecule has 0 saturated heterocycles. The zero-order valence-electron chi connectivity index (χ0n) is 61.1. The molecule has 2 unspecified atom stereocenters. The Hall–Kier alpha value is -1.94. The molecular weight excluding hydrogens is 1230 g/mol. The number of esters is 4. The monoisotopic (exact) mass is 1380 g/mol. The Morgan fingerprint density at radius 1 is 0.287 bits per heavy atom. The van der Waals surface area contributed by atoms with Gasteiger partial charge in [0.1, 0.15) is 19.3 Å². The fraction of sp³-hybridized carbons (Fsp3) is 0.947. The van der Waals surface area contributed by atoms with E-state index in [0.29, 0.717) is 25.7 Å². The maximum atomic E-state index is 13.1. The van der Waals surface area contributed by atoms with Crippen LogP contribution in [0.1, 0.15) is 394 Å². The predicted molar refractivity (Wildman–Crippen MR) is 382 cm³/mol. The van der Waals surface area contributed by atoms with Gasteiger partial charge in [0, 0.05) is 25.7 Å². The zero-order valence-corrected chi connectivity index (χ0v) is 62.9. The summed E-state index contributed by atoms with van der Waals surface area (Å²) in [6, 6.07) is 0. The number of unbranched alkanes of at least 4 members (excludes halogenated alkanes) is 47. The molecule has 0 bridgehead atoms. The highest BCUT2D eigenvalue weighted by Crippen LogP contribution is 2.45. The molecule has 0 aliphatic rings. The second kappa shape index (κ2) is 68.2. The van der Waals surface area contributed by atoms with Gasteiger partial charge in [0.15, 0.2) is 12.2 Å². The first-order valence-corrected chi connectivity index (χ1v) is 42.1. The number of rotatable bonds is 75. The van der Waals surface area contributed by atoms with Crippen molar-refractivity contribution in [3.8, 4) is 0 Å². The van der Waals surface area contributed by atoms with Crippen LogP contribution in [0.25, 0.3) is 0 Å². The highest BCUT2D eigenvalue weighted by molar-refractivity contribution is 7.47. The number of aliphatic hydroxyl groups excluding tert-OH is 1. The van der Waals surface area contributed by atoms with Crippen LogP contribution in [-0.2, 0) is 65.4 Å². The van der Waals surface area contributed by atoms with Crippen LogP contribution in [0.2, 0.25) is 0 Å².